The van der Waals surface area contributed by atoms with Gasteiger partial charge in [0.2, 0.25) is 0 Å². The lowest BCUT2D eigenvalue weighted by Gasteiger charge is -2.09. The lowest BCUT2D eigenvalue weighted by molar-refractivity contribution is -0.113. The smallest absolute Gasteiger partial charge is 0.129 e. The van der Waals surface area contributed by atoms with Crippen LogP contribution < -0.4 is 0 Å². The van der Waals surface area contributed by atoms with Gasteiger partial charge in [0.25, 0.3) is 0 Å². The molecule has 0 aromatic heterocycles. The van der Waals surface area contributed by atoms with Crippen molar-refractivity contribution >= 4 is 6.29 Å². The Labute approximate surface area is 52.6 Å². The molecule has 0 aliphatic heterocycles. The molecular formula is C6H8O3. The van der Waals surface area contributed by atoms with Gasteiger partial charge in [-0.25, -0.2) is 0 Å². The van der Waals surface area contributed by atoms with E-state index in [1.54, 1.807) is 0 Å². The molecule has 0 saturated heterocycles. The molecule has 0 amide bonds. The molecule has 0 aromatic rings. The maximum Gasteiger partial charge on any atom is 0.129 e. The fourth-order valence-corrected chi connectivity index (χ4v) is 0.823. The number of aliphatic hydroxyl groups is 2. The Morgan fingerprint density at radius 3 is 2.22 bits per heavy atom. The number of carbonyl (C=O) groups is 1. The van der Waals surface area contributed by atoms with Crippen LogP contribution in [0.2, 0.25) is 0 Å². The first-order valence-electron chi connectivity index (χ1n) is 2.75. The van der Waals surface area contributed by atoms with Gasteiger partial charge in [0, 0.05) is 0 Å². The van der Waals surface area contributed by atoms with E-state index in [0.717, 1.165) is 0 Å². The maximum atomic E-state index is 10.0. The van der Waals surface area contributed by atoms with Crippen LogP contribution in [-0.4, -0.2) is 28.7 Å². The van der Waals surface area contributed by atoms with Gasteiger partial charge in [-0.2, -0.15) is 0 Å². The summed E-state index contributed by atoms with van der Waals surface area (Å²) in [5.74, 6) is -0.514. The summed E-state index contributed by atoms with van der Waals surface area (Å²) < 4.78 is 0. The van der Waals surface area contributed by atoms with E-state index in [1.807, 2.05) is 0 Å². The van der Waals surface area contributed by atoms with E-state index in [1.165, 1.54) is 12.2 Å². The molecule has 3 unspecified atom stereocenters. The van der Waals surface area contributed by atoms with Crippen molar-refractivity contribution in [3.63, 3.8) is 0 Å². The topological polar surface area (TPSA) is 57.5 Å². The molecule has 2 N–H and O–H groups in total. The first-order valence-corrected chi connectivity index (χ1v) is 2.75. The van der Waals surface area contributed by atoms with Crippen molar-refractivity contribution in [2.45, 2.75) is 12.2 Å². The molecule has 3 atom stereocenters. The van der Waals surface area contributed by atoms with Gasteiger partial charge in [-0.15, -0.1) is 0 Å². The standard InChI is InChI=1S/C6H8O3/c7-3-4-1-2-5(8)6(4)9/h1-6,8-9H. The molecule has 0 saturated carbocycles. The Hall–Kier alpha value is -0.670. The Kier molecular flexibility index (Phi) is 1.64. The largest absolute Gasteiger partial charge is 0.389 e. The lowest BCUT2D eigenvalue weighted by atomic mass is 10.1. The zero-order valence-electron chi connectivity index (χ0n) is 4.77. The van der Waals surface area contributed by atoms with Crippen molar-refractivity contribution in [1.29, 1.82) is 0 Å². The third-order valence-corrected chi connectivity index (χ3v) is 1.43. The van der Waals surface area contributed by atoms with E-state index >= 15 is 0 Å². The van der Waals surface area contributed by atoms with E-state index in [0.29, 0.717) is 6.29 Å². The lowest BCUT2D eigenvalue weighted by Crippen LogP contribution is -2.26. The Morgan fingerprint density at radius 2 is 2.00 bits per heavy atom. The van der Waals surface area contributed by atoms with Gasteiger partial charge in [0.15, 0.2) is 0 Å². The fraction of sp³-hybridized carbons (Fsp3) is 0.500. The number of carbonyl (C=O) groups excluding carboxylic acids is 1. The first kappa shape index (κ1) is 6.45. The Balaban J connectivity index is 2.61. The quantitative estimate of drug-likeness (QED) is 0.355. The minimum absolute atomic E-state index is 0.514. The Bertz CT molecular complexity index is 141. The molecule has 0 spiro atoms. The SMILES string of the molecule is O=CC1C=CC(O)C1O. The summed E-state index contributed by atoms with van der Waals surface area (Å²) in [6, 6.07) is 0. The maximum absolute atomic E-state index is 10.0. The van der Waals surface area contributed by atoms with Crippen LogP contribution in [0.5, 0.6) is 0 Å². The molecule has 1 aliphatic carbocycles. The predicted molar refractivity (Wildman–Crippen MR) is 30.7 cm³/mol. The third-order valence-electron chi connectivity index (χ3n) is 1.43. The highest BCUT2D eigenvalue weighted by atomic mass is 16.3. The van der Waals surface area contributed by atoms with Crippen LogP contribution >= 0.6 is 0 Å². The second kappa shape index (κ2) is 2.29. The summed E-state index contributed by atoms with van der Waals surface area (Å²) in [6.07, 6.45) is 1.76. The molecule has 50 valence electrons. The van der Waals surface area contributed by atoms with E-state index in [2.05, 4.69) is 0 Å². The summed E-state index contributed by atoms with van der Waals surface area (Å²) in [4.78, 5) is 10.0. The van der Waals surface area contributed by atoms with E-state index in [-0.39, 0.29) is 0 Å². The zero-order chi connectivity index (χ0) is 6.85. The Morgan fingerprint density at radius 1 is 1.33 bits per heavy atom. The highest BCUT2D eigenvalue weighted by molar-refractivity contribution is 5.59. The highest BCUT2D eigenvalue weighted by Crippen LogP contribution is 2.15. The zero-order valence-corrected chi connectivity index (χ0v) is 4.77. The van der Waals surface area contributed by atoms with Crippen molar-refractivity contribution < 1.29 is 15.0 Å². The second-order valence-electron chi connectivity index (χ2n) is 2.08. The number of rotatable bonds is 1. The number of hydrogen-bond donors (Lipinski definition) is 2. The minimum atomic E-state index is -0.928. The van der Waals surface area contributed by atoms with Gasteiger partial charge in [-0.3, -0.25) is 0 Å². The van der Waals surface area contributed by atoms with Crippen LogP contribution in [0.1, 0.15) is 0 Å². The van der Waals surface area contributed by atoms with Crippen LogP contribution in [0.25, 0.3) is 0 Å². The van der Waals surface area contributed by atoms with E-state index in [9.17, 15) is 4.79 Å². The molecule has 1 aliphatic rings. The van der Waals surface area contributed by atoms with Gasteiger partial charge in [-0.1, -0.05) is 12.2 Å². The number of aliphatic hydroxyl groups excluding tert-OH is 2. The van der Waals surface area contributed by atoms with Gasteiger partial charge in [0.1, 0.15) is 6.29 Å². The molecule has 3 heteroatoms. The molecule has 9 heavy (non-hydrogen) atoms. The molecule has 0 heterocycles. The van der Waals surface area contributed by atoms with E-state index in [4.69, 9.17) is 10.2 Å². The summed E-state index contributed by atoms with van der Waals surface area (Å²) in [5, 5.41) is 17.7. The van der Waals surface area contributed by atoms with Crippen molar-refractivity contribution in [2.24, 2.45) is 5.92 Å². The van der Waals surface area contributed by atoms with Crippen molar-refractivity contribution in [3.05, 3.63) is 12.2 Å². The molecular weight excluding hydrogens is 120 g/mol. The van der Waals surface area contributed by atoms with Crippen LogP contribution in [0.15, 0.2) is 12.2 Å². The predicted octanol–water partition coefficient (Wildman–Crippen LogP) is -0.907. The average Bonchev–Trinajstić information content (AvgIpc) is 2.15. The summed E-state index contributed by atoms with van der Waals surface area (Å²) >= 11 is 0. The average molecular weight is 128 g/mol. The van der Waals surface area contributed by atoms with Crippen molar-refractivity contribution in [3.8, 4) is 0 Å². The summed E-state index contributed by atoms with van der Waals surface area (Å²) in [7, 11) is 0. The number of aldehydes is 1. The summed E-state index contributed by atoms with van der Waals surface area (Å²) in [6.45, 7) is 0. The highest BCUT2D eigenvalue weighted by Gasteiger charge is 2.27. The monoisotopic (exact) mass is 128 g/mol. The van der Waals surface area contributed by atoms with Crippen molar-refractivity contribution in [1.82, 2.24) is 0 Å². The first-order chi connectivity index (χ1) is 4.25. The number of hydrogen-bond acceptors (Lipinski definition) is 3. The molecule has 1 rings (SSSR count). The minimum Gasteiger partial charge on any atom is -0.389 e. The fourth-order valence-electron chi connectivity index (χ4n) is 0.823. The molecule has 0 aromatic carbocycles. The van der Waals surface area contributed by atoms with Gasteiger partial charge >= 0.3 is 0 Å². The van der Waals surface area contributed by atoms with Crippen LogP contribution in [0.3, 0.4) is 0 Å². The molecule has 0 radical (unpaired) electrons. The van der Waals surface area contributed by atoms with Gasteiger partial charge in [-0.05, 0) is 0 Å². The van der Waals surface area contributed by atoms with Crippen LogP contribution in [0.4, 0.5) is 0 Å². The van der Waals surface area contributed by atoms with Crippen molar-refractivity contribution in [2.75, 3.05) is 0 Å². The van der Waals surface area contributed by atoms with Gasteiger partial charge in [0.05, 0.1) is 18.1 Å². The summed E-state index contributed by atoms with van der Waals surface area (Å²) in [5.41, 5.74) is 0. The van der Waals surface area contributed by atoms with Crippen LogP contribution in [0, 0.1) is 5.92 Å². The van der Waals surface area contributed by atoms with Gasteiger partial charge < -0.3 is 15.0 Å². The molecule has 3 nitrogen and oxygen atoms in total. The van der Waals surface area contributed by atoms with Crippen LogP contribution in [-0.2, 0) is 4.79 Å². The normalized spacial score (nSPS) is 41.3. The van der Waals surface area contributed by atoms with E-state index < -0.39 is 18.1 Å². The second-order valence-corrected chi connectivity index (χ2v) is 2.08. The molecule has 0 fully saturated rings. The third kappa shape index (κ3) is 1.01. The molecule has 0 bridgehead atoms.